The molecule has 0 bridgehead atoms. The molecule has 0 aliphatic heterocycles. The van der Waals surface area contributed by atoms with Crippen molar-refractivity contribution in [2.45, 2.75) is 0 Å². The number of oxazole rings is 2. The Hall–Kier alpha value is -1.58. The van der Waals surface area contributed by atoms with E-state index in [0.717, 1.165) is 0 Å². The van der Waals surface area contributed by atoms with Gasteiger partial charge in [0.05, 0.1) is 6.20 Å². The Morgan fingerprint density at radius 2 is 2.40 bits per heavy atom. The van der Waals surface area contributed by atoms with Gasteiger partial charge in [0.2, 0.25) is 5.76 Å². The molecule has 2 rings (SSSR count). The molecule has 2 heterocycles. The number of aromatic nitrogens is 2. The lowest BCUT2D eigenvalue weighted by atomic mass is 10.5. The summed E-state index contributed by atoms with van der Waals surface area (Å²) < 4.78 is 9.77. The highest BCUT2D eigenvalue weighted by atomic mass is 16.4. The van der Waals surface area contributed by atoms with Crippen LogP contribution in [-0.4, -0.2) is 9.97 Å². The van der Waals surface area contributed by atoms with E-state index in [-0.39, 0.29) is 0 Å². The van der Waals surface area contributed by atoms with E-state index in [0.29, 0.717) is 11.7 Å². The van der Waals surface area contributed by atoms with Gasteiger partial charge in [-0.1, -0.05) is 0 Å². The molecule has 0 atom stereocenters. The first-order valence-electron chi connectivity index (χ1n) is 2.67. The highest BCUT2D eigenvalue weighted by Gasteiger charge is 2.03. The van der Waals surface area contributed by atoms with Crippen molar-refractivity contribution in [3.8, 4) is 11.7 Å². The van der Waals surface area contributed by atoms with E-state index in [1.807, 2.05) is 0 Å². The number of nitrogens with zero attached hydrogens (tertiary/aromatic N) is 2. The summed E-state index contributed by atoms with van der Waals surface area (Å²) in [6.07, 6.45) is 6.72. The maximum atomic E-state index is 4.89. The predicted octanol–water partition coefficient (Wildman–Crippen LogP) is 1.13. The van der Waals surface area contributed by atoms with E-state index in [1.165, 1.54) is 18.9 Å². The first kappa shape index (κ1) is 5.22. The summed E-state index contributed by atoms with van der Waals surface area (Å²) in [5.74, 6) is 0.916. The summed E-state index contributed by atoms with van der Waals surface area (Å²) in [5.41, 5.74) is 0. The predicted molar refractivity (Wildman–Crippen MR) is 30.8 cm³/mol. The minimum Gasteiger partial charge on any atom is -0.441 e. The van der Waals surface area contributed by atoms with Crippen molar-refractivity contribution < 1.29 is 8.83 Å². The van der Waals surface area contributed by atoms with E-state index < -0.39 is 0 Å². The van der Waals surface area contributed by atoms with Crippen molar-refractivity contribution in [1.29, 1.82) is 0 Å². The molecule has 0 aliphatic carbocycles. The van der Waals surface area contributed by atoms with Crippen LogP contribution in [-0.2, 0) is 0 Å². The Labute approximate surface area is 56.5 Å². The minimum absolute atomic E-state index is 0.400. The Kier molecular flexibility index (Phi) is 1.04. The zero-order chi connectivity index (χ0) is 6.81. The summed E-state index contributed by atoms with van der Waals surface area (Å²) in [6.45, 7) is 0. The normalized spacial score (nSPS) is 10.0. The maximum absolute atomic E-state index is 4.89. The zero-order valence-corrected chi connectivity index (χ0v) is 4.94. The Morgan fingerprint density at radius 3 is 3.00 bits per heavy atom. The molecule has 2 aromatic rings. The number of rotatable bonds is 1. The van der Waals surface area contributed by atoms with Crippen molar-refractivity contribution in [1.82, 2.24) is 9.97 Å². The van der Waals surface area contributed by atoms with Crippen LogP contribution in [0.1, 0.15) is 0 Å². The molecule has 0 saturated heterocycles. The van der Waals surface area contributed by atoms with Gasteiger partial charge in [0.25, 0.3) is 5.89 Å². The molecule has 0 aliphatic rings. The van der Waals surface area contributed by atoms with Gasteiger partial charge < -0.3 is 8.83 Å². The topological polar surface area (TPSA) is 52.1 Å². The number of hydrogen-bond donors (Lipinski definition) is 0. The van der Waals surface area contributed by atoms with Crippen molar-refractivity contribution in [2.24, 2.45) is 0 Å². The van der Waals surface area contributed by atoms with E-state index in [4.69, 9.17) is 8.83 Å². The molecule has 4 nitrogen and oxygen atoms in total. The van der Waals surface area contributed by atoms with Crippen LogP contribution < -0.4 is 0 Å². The summed E-state index contributed by atoms with van der Waals surface area (Å²) in [6, 6.07) is 0. The molecule has 1 radical (unpaired) electrons. The molecule has 10 heavy (non-hydrogen) atoms. The Morgan fingerprint density at radius 1 is 1.40 bits per heavy atom. The van der Waals surface area contributed by atoms with Crippen molar-refractivity contribution >= 4 is 0 Å². The molecule has 49 valence electrons. The standard InChI is InChI=1S/C6H3N2O2/c1-2-9-6(8-1)5-3-7-4-10-5/h2-4H. The molecule has 0 saturated carbocycles. The van der Waals surface area contributed by atoms with Gasteiger partial charge in [-0.2, -0.15) is 0 Å². The molecule has 0 aromatic carbocycles. The average molecular weight is 135 g/mol. The monoisotopic (exact) mass is 135 g/mol. The first-order chi connectivity index (χ1) is 4.97. The third kappa shape index (κ3) is 0.699. The molecule has 0 N–H and O–H groups in total. The smallest absolute Gasteiger partial charge is 0.265 e. The molecule has 4 heteroatoms. The van der Waals surface area contributed by atoms with Crippen LogP contribution in [0.4, 0.5) is 0 Å². The van der Waals surface area contributed by atoms with Crippen LogP contribution in [0, 0.1) is 6.20 Å². The highest BCUT2D eigenvalue weighted by molar-refractivity contribution is 5.40. The second-order valence-electron chi connectivity index (χ2n) is 1.65. The van der Waals surface area contributed by atoms with Crippen LogP contribution in [0.15, 0.2) is 27.7 Å². The summed E-state index contributed by atoms with van der Waals surface area (Å²) >= 11 is 0. The van der Waals surface area contributed by atoms with Gasteiger partial charge in [0.15, 0.2) is 6.39 Å². The van der Waals surface area contributed by atoms with Crippen molar-refractivity contribution in [2.75, 3.05) is 0 Å². The lowest BCUT2D eigenvalue weighted by molar-refractivity contribution is 0.514. The lowest BCUT2D eigenvalue weighted by Crippen LogP contribution is -1.68. The zero-order valence-electron chi connectivity index (χ0n) is 4.94. The maximum Gasteiger partial charge on any atom is 0.265 e. The first-order valence-corrected chi connectivity index (χ1v) is 2.67. The molecule has 0 amide bonds. The third-order valence-electron chi connectivity index (χ3n) is 1.03. The van der Waals surface area contributed by atoms with Crippen LogP contribution >= 0.6 is 0 Å². The van der Waals surface area contributed by atoms with Gasteiger partial charge >= 0.3 is 0 Å². The van der Waals surface area contributed by atoms with Gasteiger partial charge in [0.1, 0.15) is 12.5 Å². The van der Waals surface area contributed by atoms with Crippen molar-refractivity contribution in [3.05, 3.63) is 25.1 Å². The average Bonchev–Trinajstić information content (AvgIpc) is 2.59. The fourth-order valence-corrected chi connectivity index (χ4v) is 0.628. The van der Waals surface area contributed by atoms with Crippen LogP contribution in [0.2, 0.25) is 0 Å². The SMILES string of the molecule is [c]1coc(-c2cnco2)n1. The van der Waals surface area contributed by atoms with E-state index in [9.17, 15) is 0 Å². The van der Waals surface area contributed by atoms with Gasteiger partial charge in [-0.25, -0.2) is 9.97 Å². The minimum atomic E-state index is 0.400. The quantitative estimate of drug-likeness (QED) is 0.588. The fraction of sp³-hybridized carbons (Fsp3) is 0. The Bertz CT molecular complexity index is 253. The van der Waals surface area contributed by atoms with Gasteiger partial charge in [-0.15, -0.1) is 0 Å². The lowest BCUT2D eigenvalue weighted by Gasteiger charge is -1.81. The Balaban J connectivity index is 2.48. The van der Waals surface area contributed by atoms with Crippen LogP contribution in [0.3, 0.4) is 0 Å². The molecule has 0 fully saturated rings. The van der Waals surface area contributed by atoms with Gasteiger partial charge in [-0.3, -0.25) is 0 Å². The second kappa shape index (κ2) is 1.98. The molecular weight excluding hydrogens is 132 g/mol. The van der Waals surface area contributed by atoms with E-state index in [1.54, 1.807) is 0 Å². The fourth-order valence-electron chi connectivity index (χ4n) is 0.628. The summed E-state index contributed by atoms with van der Waals surface area (Å²) in [5, 5.41) is 0. The van der Waals surface area contributed by atoms with Gasteiger partial charge in [-0.05, 0) is 0 Å². The van der Waals surface area contributed by atoms with E-state index in [2.05, 4.69) is 16.2 Å². The summed E-state index contributed by atoms with van der Waals surface area (Å²) in [4.78, 5) is 7.43. The molecule has 0 spiro atoms. The van der Waals surface area contributed by atoms with Crippen molar-refractivity contribution in [3.63, 3.8) is 0 Å². The molecule has 0 unspecified atom stereocenters. The third-order valence-corrected chi connectivity index (χ3v) is 1.03. The van der Waals surface area contributed by atoms with Gasteiger partial charge in [0, 0.05) is 0 Å². The largest absolute Gasteiger partial charge is 0.441 e. The van der Waals surface area contributed by atoms with Crippen LogP contribution in [0.5, 0.6) is 0 Å². The second-order valence-corrected chi connectivity index (χ2v) is 1.65. The summed E-state index contributed by atoms with van der Waals surface area (Å²) in [7, 11) is 0. The number of hydrogen-bond acceptors (Lipinski definition) is 4. The highest BCUT2D eigenvalue weighted by Crippen LogP contribution is 2.14. The molecule has 2 aromatic heterocycles. The molecular formula is C6H3N2O2. The van der Waals surface area contributed by atoms with Crippen LogP contribution in [0.25, 0.3) is 11.7 Å². The van der Waals surface area contributed by atoms with E-state index >= 15 is 0 Å².